The summed E-state index contributed by atoms with van der Waals surface area (Å²) in [6.07, 6.45) is 0.991. The number of ketones is 1. The monoisotopic (exact) mass is 394 g/mol. The average molecular weight is 394 g/mol. The molecular formula is C22H24N3O4-. The van der Waals surface area contributed by atoms with Gasteiger partial charge in [-0.15, -0.1) is 0 Å². The molecule has 2 aromatic heterocycles. The lowest BCUT2D eigenvalue weighted by molar-refractivity contribution is -0.255. The smallest absolute Gasteiger partial charge is 0.275 e. The number of nitrogens with zero attached hydrogens (tertiary/aromatic N) is 3. The van der Waals surface area contributed by atoms with Crippen LogP contribution in [0.15, 0.2) is 35.1 Å². The van der Waals surface area contributed by atoms with Crippen LogP contribution in [0.5, 0.6) is 0 Å². The van der Waals surface area contributed by atoms with Crippen molar-refractivity contribution in [3.05, 3.63) is 63.3 Å². The minimum absolute atomic E-state index is 0.192. The average Bonchev–Trinajstić information content (AvgIpc) is 2.96. The number of carbonyl (C=O) groups is 2. The third kappa shape index (κ3) is 3.99. The van der Waals surface area contributed by atoms with Gasteiger partial charge in [-0.1, -0.05) is 32.0 Å². The van der Waals surface area contributed by atoms with Crippen molar-refractivity contribution in [2.75, 3.05) is 0 Å². The number of fused-ring (bicyclic) bond motifs is 1. The van der Waals surface area contributed by atoms with E-state index in [4.69, 9.17) is 0 Å². The third-order valence-corrected chi connectivity index (χ3v) is 5.16. The van der Waals surface area contributed by atoms with Gasteiger partial charge in [0.05, 0.1) is 11.4 Å². The van der Waals surface area contributed by atoms with Crippen molar-refractivity contribution in [2.24, 2.45) is 5.92 Å². The molecule has 7 heteroatoms. The first-order valence-corrected chi connectivity index (χ1v) is 9.61. The summed E-state index contributed by atoms with van der Waals surface area (Å²) in [6.45, 7) is 8.59. The number of carboxylic acid groups (broad SMARTS) is 1. The highest BCUT2D eigenvalue weighted by Crippen LogP contribution is 2.18. The van der Waals surface area contributed by atoms with Gasteiger partial charge in [-0.2, -0.15) is 5.10 Å². The summed E-state index contributed by atoms with van der Waals surface area (Å²) in [5.41, 5.74) is 1.47. The first-order valence-electron chi connectivity index (χ1n) is 9.61. The van der Waals surface area contributed by atoms with Gasteiger partial charge in [0.15, 0.2) is 5.78 Å². The Bertz CT molecular complexity index is 1150. The van der Waals surface area contributed by atoms with Crippen molar-refractivity contribution in [1.29, 1.82) is 0 Å². The quantitative estimate of drug-likeness (QED) is 0.572. The van der Waals surface area contributed by atoms with Crippen molar-refractivity contribution in [3.8, 4) is 0 Å². The summed E-state index contributed by atoms with van der Waals surface area (Å²) < 4.78 is 3.01. The summed E-state index contributed by atoms with van der Waals surface area (Å²) in [4.78, 5) is 37.2. The van der Waals surface area contributed by atoms with Gasteiger partial charge in [0.2, 0.25) is 0 Å². The van der Waals surface area contributed by atoms with E-state index in [2.05, 4.69) is 23.5 Å². The van der Waals surface area contributed by atoms with E-state index in [9.17, 15) is 19.5 Å². The summed E-state index contributed by atoms with van der Waals surface area (Å²) in [5, 5.41) is 15.8. The van der Waals surface area contributed by atoms with Crippen molar-refractivity contribution >= 4 is 22.5 Å². The standard InChI is InChI=1S/C22H25N3O4/c1-13(2)9-10-24-14(3)11-18(15(24)4)19(26)12-25-21(27)17-8-6-5-7-16(17)20(23-25)22(28)29/h5-8,11,13H,9-10,12H2,1-4H3,(H,28,29)/p-1. The Labute approximate surface area is 168 Å². The maximum atomic E-state index is 12.9. The number of benzene rings is 1. The number of aryl methyl sites for hydroxylation is 1. The van der Waals surface area contributed by atoms with E-state index in [0.717, 1.165) is 29.0 Å². The minimum Gasteiger partial charge on any atom is -0.543 e. The molecule has 1 aromatic carbocycles. The molecule has 0 saturated carbocycles. The van der Waals surface area contributed by atoms with Gasteiger partial charge in [-0.3, -0.25) is 9.59 Å². The maximum absolute atomic E-state index is 12.9. The number of carbonyl (C=O) groups excluding carboxylic acids is 2. The number of aromatic carboxylic acids is 1. The van der Waals surface area contributed by atoms with Gasteiger partial charge in [0, 0.05) is 28.9 Å². The van der Waals surface area contributed by atoms with Crippen LogP contribution >= 0.6 is 0 Å². The molecule has 0 spiro atoms. The van der Waals surface area contributed by atoms with Crippen LogP contribution in [0.2, 0.25) is 0 Å². The molecule has 7 nitrogen and oxygen atoms in total. The van der Waals surface area contributed by atoms with E-state index >= 15 is 0 Å². The summed E-state index contributed by atoms with van der Waals surface area (Å²) in [5.74, 6) is -1.24. The van der Waals surface area contributed by atoms with E-state index in [1.807, 2.05) is 19.9 Å². The highest BCUT2D eigenvalue weighted by Gasteiger charge is 2.19. The van der Waals surface area contributed by atoms with E-state index in [0.29, 0.717) is 11.5 Å². The lowest BCUT2D eigenvalue weighted by Gasteiger charge is -2.12. The summed E-state index contributed by atoms with van der Waals surface area (Å²) in [6, 6.07) is 8.09. The van der Waals surface area contributed by atoms with Gasteiger partial charge in [0.25, 0.3) is 5.56 Å². The molecule has 29 heavy (non-hydrogen) atoms. The second-order valence-electron chi connectivity index (χ2n) is 7.69. The highest BCUT2D eigenvalue weighted by atomic mass is 16.4. The molecule has 0 unspecified atom stereocenters. The minimum atomic E-state index is -1.49. The predicted octanol–water partition coefficient (Wildman–Crippen LogP) is 2.11. The Balaban J connectivity index is 1.99. The summed E-state index contributed by atoms with van der Waals surface area (Å²) >= 11 is 0. The number of carboxylic acids is 1. The van der Waals surface area contributed by atoms with Crippen molar-refractivity contribution < 1.29 is 14.7 Å². The normalized spacial score (nSPS) is 11.3. The van der Waals surface area contributed by atoms with Crippen LogP contribution in [0.3, 0.4) is 0 Å². The molecule has 0 atom stereocenters. The Morgan fingerprint density at radius 3 is 2.41 bits per heavy atom. The molecule has 0 radical (unpaired) electrons. The second-order valence-corrected chi connectivity index (χ2v) is 7.69. The van der Waals surface area contributed by atoms with E-state index in [1.54, 1.807) is 12.1 Å². The first kappa shape index (κ1) is 20.5. The van der Waals surface area contributed by atoms with Crippen LogP contribution in [-0.2, 0) is 13.1 Å². The van der Waals surface area contributed by atoms with Crippen LogP contribution < -0.4 is 10.7 Å². The van der Waals surface area contributed by atoms with Gasteiger partial charge in [-0.25, -0.2) is 4.68 Å². The fourth-order valence-electron chi connectivity index (χ4n) is 3.53. The molecule has 3 aromatic rings. The lowest BCUT2D eigenvalue weighted by Crippen LogP contribution is -2.32. The molecule has 0 amide bonds. The Hall–Kier alpha value is -3.22. The van der Waals surface area contributed by atoms with Crippen LogP contribution in [-0.4, -0.2) is 26.1 Å². The zero-order chi connectivity index (χ0) is 21.3. The van der Waals surface area contributed by atoms with E-state index in [1.165, 1.54) is 12.1 Å². The Morgan fingerprint density at radius 2 is 1.79 bits per heavy atom. The van der Waals surface area contributed by atoms with Crippen molar-refractivity contribution in [1.82, 2.24) is 14.3 Å². The molecule has 0 aliphatic heterocycles. The zero-order valence-corrected chi connectivity index (χ0v) is 17.1. The molecule has 0 saturated heterocycles. The molecule has 0 N–H and O–H groups in total. The molecule has 0 bridgehead atoms. The largest absolute Gasteiger partial charge is 0.543 e. The molecule has 0 fully saturated rings. The number of aromatic nitrogens is 3. The van der Waals surface area contributed by atoms with Gasteiger partial charge in [0.1, 0.15) is 12.2 Å². The highest BCUT2D eigenvalue weighted by molar-refractivity contribution is 6.01. The van der Waals surface area contributed by atoms with Crippen molar-refractivity contribution in [3.63, 3.8) is 0 Å². The van der Waals surface area contributed by atoms with Crippen LogP contribution in [0.25, 0.3) is 10.8 Å². The number of Topliss-reactive ketones (excluding diaryl/α,β-unsaturated/α-hetero) is 1. The molecule has 0 aliphatic carbocycles. The SMILES string of the molecule is Cc1cc(C(=O)Cn2nc(C(=O)[O-])c3ccccc3c2=O)c(C)n1CCC(C)C. The van der Waals surface area contributed by atoms with Crippen LogP contribution in [0, 0.1) is 19.8 Å². The van der Waals surface area contributed by atoms with Gasteiger partial charge >= 0.3 is 0 Å². The van der Waals surface area contributed by atoms with Crippen LogP contribution in [0.4, 0.5) is 0 Å². The number of rotatable bonds is 7. The Morgan fingerprint density at radius 1 is 1.14 bits per heavy atom. The third-order valence-electron chi connectivity index (χ3n) is 5.16. The topological polar surface area (TPSA) is 97.0 Å². The van der Waals surface area contributed by atoms with Crippen LogP contribution in [0.1, 0.15) is 52.5 Å². The maximum Gasteiger partial charge on any atom is 0.275 e. The zero-order valence-electron chi connectivity index (χ0n) is 17.1. The van der Waals surface area contributed by atoms with Crippen molar-refractivity contribution in [2.45, 2.75) is 47.2 Å². The molecule has 152 valence electrons. The van der Waals surface area contributed by atoms with E-state index in [-0.39, 0.29) is 28.8 Å². The van der Waals surface area contributed by atoms with E-state index < -0.39 is 11.5 Å². The fraction of sp³-hybridized carbons (Fsp3) is 0.364. The first-order chi connectivity index (χ1) is 13.7. The second kappa shape index (κ2) is 8.03. The molecule has 3 rings (SSSR count). The lowest BCUT2D eigenvalue weighted by atomic mass is 10.1. The summed E-state index contributed by atoms with van der Waals surface area (Å²) in [7, 11) is 0. The van der Waals surface area contributed by atoms with Gasteiger partial charge < -0.3 is 14.5 Å². The molecule has 0 aliphatic rings. The predicted molar refractivity (Wildman–Crippen MR) is 108 cm³/mol. The molecular weight excluding hydrogens is 370 g/mol. The van der Waals surface area contributed by atoms with Gasteiger partial charge in [-0.05, 0) is 38.3 Å². The Kier molecular flexibility index (Phi) is 5.68. The number of hydrogen-bond donors (Lipinski definition) is 0. The number of hydrogen-bond acceptors (Lipinski definition) is 5. The fourth-order valence-corrected chi connectivity index (χ4v) is 3.53. The molecule has 2 heterocycles.